The van der Waals surface area contributed by atoms with Gasteiger partial charge >= 0.3 is 6.18 Å². The van der Waals surface area contributed by atoms with Crippen LogP contribution in [0.25, 0.3) is 11.0 Å². The van der Waals surface area contributed by atoms with E-state index in [0.29, 0.717) is 0 Å². The van der Waals surface area contributed by atoms with Crippen molar-refractivity contribution in [3.05, 3.63) is 24.0 Å². The van der Waals surface area contributed by atoms with Gasteiger partial charge in [-0.15, -0.1) is 0 Å². The van der Waals surface area contributed by atoms with Crippen molar-refractivity contribution < 1.29 is 17.7 Å². The van der Waals surface area contributed by atoms with Crippen LogP contribution in [0.2, 0.25) is 0 Å². The highest BCUT2D eigenvalue weighted by atomic mass is 19.4. The van der Waals surface area contributed by atoms with E-state index in [0.717, 1.165) is 18.5 Å². The van der Waals surface area contributed by atoms with Crippen molar-refractivity contribution in [2.24, 2.45) is 0 Å². The lowest BCUT2D eigenvalue weighted by Gasteiger charge is -2.12. The largest absolute Gasteiger partial charge is 0.418 e. The van der Waals surface area contributed by atoms with Gasteiger partial charge in [0.05, 0.1) is 11.3 Å². The second-order valence-corrected chi connectivity index (χ2v) is 3.16. The van der Waals surface area contributed by atoms with Crippen LogP contribution in [0.1, 0.15) is 5.56 Å². The molecule has 0 aliphatic carbocycles. The first-order valence-electron chi connectivity index (χ1n) is 4.36. The Morgan fingerprint density at radius 2 is 2.00 bits per heavy atom. The van der Waals surface area contributed by atoms with E-state index in [-0.39, 0.29) is 21.5 Å². The first-order valence-corrected chi connectivity index (χ1v) is 4.36. The van der Waals surface area contributed by atoms with Crippen molar-refractivity contribution in [3.63, 3.8) is 0 Å². The van der Waals surface area contributed by atoms with Crippen LogP contribution in [0.15, 0.2) is 18.5 Å². The fourth-order valence-corrected chi connectivity index (χ4v) is 1.54. The molecule has 0 saturated heterocycles. The number of halogens is 4. The van der Waals surface area contributed by atoms with Crippen LogP contribution in [-0.4, -0.2) is 16.8 Å². The Balaban J connectivity index is 2.78. The summed E-state index contributed by atoms with van der Waals surface area (Å²) < 4.78 is 50.8. The smallest absolute Gasteiger partial charge is 0.386 e. The zero-order valence-corrected chi connectivity index (χ0v) is 8.14. The van der Waals surface area contributed by atoms with Gasteiger partial charge in [-0.05, 0) is 12.1 Å². The van der Waals surface area contributed by atoms with Crippen LogP contribution >= 0.6 is 0 Å². The third-order valence-corrected chi connectivity index (χ3v) is 2.23. The average molecular weight is 233 g/mol. The van der Waals surface area contributed by atoms with Gasteiger partial charge in [0.25, 0.3) is 0 Å². The van der Waals surface area contributed by atoms with Gasteiger partial charge in [-0.25, -0.2) is 4.98 Å². The highest BCUT2D eigenvalue weighted by Crippen LogP contribution is 2.38. The van der Waals surface area contributed by atoms with Gasteiger partial charge in [0.2, 0.25) is 0 Å². The fourth-order valence-electron chi connectivity index (χ4n) is 1.54. The Labute approximate surface area is 87.6 Å². The molecule has 0 bridgehead atoms. The molecule has 86 valence electrons. The van der Waals surface area contributed by atoms with Crippen molar-refractivity contribution in [2.75, 3.05) is 12.4 Å². The van der Waals surface area contributed by atoms with Crippen molar-refractivity contribution in [2.45, 2.75) is 6.18 Å². The molecule has 3 nitrogen and oxygen atoms in total. The Morgan fingerprint density at radius 1 is 1.31 bits per heavy atom. The molecular formula is C9H7F4N3. The molecule has 0 unspecified atom stereocenters. The van der Waals surface area contributed by atoms with Crippen molar-refractivity contribution in [1.82, 2.24) is 9.77 Å². The summed E-state index contributed by atoms with van der Waals surface area (Å²) in [5.74, 6) is 0. The molecule has 0 fully saturated rings. The molecule has 0 radical (unpaired) electrons. The second-order valence-electron chi connectivity index (χ2n) is 3.16. The Bertz CT molecular complexity index is 529. The van der Waals surface area contributed by atoms with E-state index < -0.39 is 11.7 Å². The number of fused-ring (bicyclic) bond motifs is 1. The second kappa shape index (κ2) is 3.36. The lowest BCUT2D eigenvalue weighted by Crippen LogP contribution is -2.09. The average Bonchev–Trinajstić information content (AvgIpc) is 2.58. The van der Waals surface area contributed by atoms with Crippen molar-refractivity contribution in [1.29, 1.82) is 0 Å². The van der Waals surface area contributed by atoms with E-state index in [4.69, 9.17) is 0 Å². The summed E-state index contributed by atoms with van der Waals surface area (Å²) in [6.07, 6.45) is -3.67. The number of hydrogen-bond acceptors (Lipinski definition) is 2. The maximum absolute atomic E-state index is 13.0. The van der Waals surface area contributed by atoms with Crippen molar-refractivity contribution in [3.8, 4) is 0 Å². The Morgan fingerprint density at radius 3 is 2.56 bits per heavy atom. The quantitative estimate of drug-likeness (QED) is 0.767. The molecular weight excluding hydrogens is 226 g/mol. The summed E-state index contributed by atoms with van der Waals surface area (Å²) >= 11 is 0. The van der Waals surface area contributed by atoms with E-state index in [9.17, 15) is 17.7 Å². The summed E-state index contributed by atoms with van der Waals surface area (Å²) in [6, 6.07) is 1.87. The van der Waals surface area contributed by atoms with Crippen LogP contribution < -0.4 is 5.32 Å². The Kier molecular flexibility index (Phi) is 2.25. The number of alkyl halides is 3. The SMILES string of the molecule is CNc1c(C(F)(F)F)ccc2c1ncn2F. The van der Waals surface area contributed by atoms with E-state index in [1.54, 1.807) is 0 Å². The summed E-state index contributed by atoms with van der Waals surface area (Å²) in [5.41, 5.74) is -1.13. The van der Waals surface area contributed by atoms with Gasteiger partial charge in [0.1, 0.15) is 17.4 Å². The number of benzene rings is 1. The van der Waals surface area contributed by atoms with Gasteiger partial charge in [-0.3, -0.25) is 0 Å². The number of nitrogens with one attached hydrogen (secondary N) is 1. The molecule has 2 rings (SSSR count). The monoisotopic (exact) mass is 233 g/mol. The number of anilines is 1. The molecule has 1 aromatic carbocycles. The molecule has 16 heavy (non-hydrogen) atoms. The zero-order valence-electron chi connectivity index (χ0n) is 8.14. The number of imidazole rings is 1. The summed E-state index contributed by atoms with van der Waals surface area (Å²) in [5, 5.41) is 2.40. The molecule has 1 N–H and O–H groups in total. The minimum Gasteiger partial charge on any atom is -0.386 e. The normalized spacial score (nSPS) is 12.1. The van der Waals surface area contributed by atoms with Gasteiger partial charge in [-0.1, -0.05) is 4.48 Å². The zero-order chi connectivity index (χ0) is 11.9. The van der Waals surface area contributed by atoms with Crippen molar-refractivity contribution >= 4 is 16.7 Å². The summed E-state index contributed by atoms with van der Waals surface area (Å²) in [4.78, 5) is 3.77. The van der Waals surface area contributed by atoms with Crippen LogP contribution in [-0.2, 0) is 6.18 Å². The third-order valence-electron chi connectivity index (χ3n) is 2.23. The lowest BCUT2D eigenvalue weighted by atomic mass is 10.1. The first-order chi connectivity index (χ1) is 7.45. The molecule has 7 heteroatoms. The van der Waals surface area contributed by atoms with Crippen LogP contribution in [0.5, 0.6) is 0 Å². The standard InChI is InChI=1S/C9H7F4N3/c1-14-7-5(9(10,11)12)2-3-6-8(7)15-4-16(6)13/h2-4,14H,1H3. The Hall–Kier alpha value is -1.79. The van der Waals surface area contributed by atoms with E-state index in [1.807, 2.05) is 0 Å². The molecule has 0 saturated carbocycles. The fraction of sp³-hybridized carbons (Fsp3) is 0.222. The molecule has 0 atom stereocenters. The highest BCUT2D eigenvalue weighted by Gasteiger charge is 2.34. The van der Waals surface area contributed by atoms with Crippen LogP contribution in [0.3, 0.4) is 0 Å². The molecule has 0 amide bonds. The topological polar surface area (TPSA) is 29.9 Å². The first kappa shape index (κ1) is 10.7. The summed E-state index contributed by atoms with van der Waals surface area (Å²) in [7, 11) is 1.33. The van der Waals surface area contributed by atoms with Crippen LogP contribution in [0, 0.1) is 0 Å². The number of hydrogen-bond donors (Lipinski definition) is 1. The molecule has 0 spiro atoms. The van der Waals surface area contributed by atoms with Gasteiger partial charge in [0.15, 0.2) is 0 Å². The summed E-state index contributed by atoms with van der Waals surface area (Å²) in [6.45, 7) is 0. The molecule has 1 aromatic heterocycles. The van der Waals surface area contributed by atoms with E-state index in [2.05, 4.69) is 10.3 Å². The maximum atomic E-state index is 13.0. The minimum atomic E-state index is -4.49. The van der Waals surface area contributed by atoms with Crippen LogP contribution in [0.4, 0.5) is 23.3 Å². The minimum absolute atomic E-state index is 0.00245. The van der Waals surface area contributed by atoms with Gasteiger partial charge < -0.3 is 5.32 Å². The molecule has 1 heterocycles. The lowest BCUT2D eigenvalue weighted by molar-refractivity contribution is -0.136. The maximum Gasteiger partial charge on any atom is 0.418 e. The number of nitrogens with zero attached hydrogens (tertiary/aromatic N) is 2. The molecule has 2 aromatic rings. The van der Waals surface area contributed by atoms with Gasteiger partial charge in [0, 0.05) is 7.05 Å². The van der Waals surface area contributed by atoms with Gasteiger partial charge in [-0.2, -0.15) is 18.0 Å². The molecule has 0 aliphatic heterocycles. The van der Waals surface area contributed by atoms with E-state index >= 15 is 0 Å². The number of aromatic nitrogens is 2. The predicted octanol–water partition coefficient (Wildman–Crippen LogP) is 2.83. The number of rotatable bonds is 1. The predicted molar refractivity (Wildman–Crippen MR) is 50.8 cm³/mol. The molecule has 0 aliphatic rings. The van der Waals surface area contributed by atoms with E-state index in [1.165, 1.54) is 7.05 Å². The highest BCUT2D eigenvalue weighted by molar-refractivity contribution is 5.90. The third kappa shape index (κ3) is 1.48.